The normalized spacial score (nSPS) is 13.9. The smallest absolute Gasteiger partial charge is 0.351 e. The van der Waals surface area contributed by atoms with E-state index in [1.54, 1.807) is 25.1 Å². The van der Waals surface area contributed by atoms with Crippen molar-refractivity contribution in [3.8, 4) is 0 Å². The fourth-order valence-electron chi connectivity index (χ4n) is 3.21. The molecule has 1 aliphatic carbocycles. The molecule has 1 atom stereocenters. The van der Waals surface area contributed by atoms with Gasteiger partial charge in [-0.25, -0.2) is 13.6 Å². The van der Waals surface area contributed by atoms with E-state index in [1.165, 1.54) is 18.2 Å². The number of Topliss-reactive ketones (excluding diaryl/α,β-unsaturated/α-hetero) is 1. The van der Waals surface area contributed by atoms with Crippen LogP contribution < -0.4 is 16.3 Å². The molecule has 1 aliphatic rings. The van der Waals surface area contributed by atoms with Crippen LogP contribution in [0.25, 0.3) is 0 Å². The molecule has 1 unspecified atom stereocenters. The van der Waals surface area contributed by atoms with Crippen LogP contribution in [0.3, 0.4) is 0 Å². The molecule has 170 valence electrons. The van der Waals surface area contributed by atoms with Gasteiger partial charge in [-0.05, 0) is 50.1 Å². The number of nitrogens with zero attached hydrogens (tertiary/aromatic N) is 2. The van der Waals surface area contributed by atoms with Gasteiger partial charge in [0.15, 0.2) is 17.8 Å². The molecular weight excluding hydrogens is 454 g/mol. The van der Waals surface area contributed by atoms with Crippen molar-refractivity contribution in [1.82, 2.24) is 14.9 Å². The van der Waals surface area contributed by atoms with Crippen LogP contribution in [0.1, 0.15) is 45.3 Å². The van der Waals surface area contributed by atoms with E-state index in [1.807, 2.05) is 0 Å². The number of anilines is 1. The van der Waals surface area contributed by atoms with Gasteiger partial charge in [-0.1, -0.05) is 29.3 Å². The van der Waals surface area contributed by atoms with Crippen LogP contribution in [0.5, 0.6) is 0 Å². The number of carbonyl (C=O) groups excluding carboxylic acids is 2. The van der Waals surface area contributed by atoms with Crippen LogP contribution in [0, 0.1) is 18.6 Å². The monoisotopic (exact) mass is 472 g/mol. The minimum atomic E-state index is -1.68. The number of amides is 1. The molecule has 3 aromatic rings. The molecule has 1 aromatic heterocycles. The number of ketones is 1. The average Bonchev–Trinajstić information content (AvgIpc) is 3.60. The van der Waals surface area contributed by atoms with Gasteiger partial charge in [0.2, 0.25) is 5.78 Å². The lowest BCUT2D eigenvalue weighted by Crippen LogP contribution is -2.43. The topological polar surface area (TPSA) is 93.1 Å². The van der Waals surface area contributed by atoms with Gasteiger partial charge in [0.05, 0.1) is 11.2 Å². The van der Waals surface area contributed by atoms with Crippen LogP contribution in [0.15, 0.2) is 53.5 Å². The fraction of sp³-hybridized carbons (Fsp3) is 0.217. The lowest BCUT2D eigenvalue weighted by molar-refractivity contribution is 0.0811. The maximum absolute atomic E-state index is 14.7. The molecule has 1 heterocycles. The lowest BCUT2D eigenvalue weighted by atomic mass is 10.1. The van der Waals surface area contributed by atoms with Crippen molar-refractivity contribution in [1.29, 1.82) is 0 Å². The van der Waals surface area contributed by atoms with E-state index >= 15 is 0 Å². The highest BCUT2D eigenvalue weighted by atomic mass is 35.5. The standard InChI is InChI=1S/C23H19ClF2N4O3/c1-12-3-2-4-14(9-12)22(32)29-21(19(31)13-5-8-16(24)17(25)10-13)30-11-18(26)20(28-23(30)33)27-15-6-7-15/h2-5,8-11,15,21H,6-7H2,1H3,(H,29,32)(H,27,28,33). The molecule has 0 spiro atoms. The molecule has 0 aliphatic heterocycles. The van der Waals surface area contributed by atoms with Gasteiger partial charge in [0.25, 0.3) is 5.91 Å². The van der Waals surface area contributed by atoms with Crippen molar-refractivity contribution in [3.63, 3.8) is 0 Å². The van der Waals surface area contributed by atoms with Gasteiger partial charge in [-0.15, -0.1) is 0 Å². The third-order valence-electron chi connectivity index (χ3n) is 5.10. The summed E-state index contributed by atoms with van der Waals surface area (Å²) in [7, 11) is 0. The Kier molecular flexibility index (Phi) is 6.24. The summed E-state index contributed by atoms with van der Waals surface area (Å²) in [5.74, 6) is -3.48. The number of nitrogens with one attached hydrogen (secondary N) is 2. The van der Waals surface area contributed by atoms with E-state index in [2.05, 4.69) is 15.6 Å². The first-order chi connectivity index (χ1) is 15.7. The van der Waals surface area contributed by atoms with Crippen molar-refractivity contribution in [2.24, 2.45) is 0 Å². The number of rotatable bonds is 7. The van der Waals surface area contributed by atoms with Crippen molar-refractivity contribution < 1.29 is 18.4 Å². The number of aryl methyl sites for hydroxylation is 1. The summed E-state index contributed by atoms with van der Waals surface area (Å²) < 4.78 is 29.3. The quantitative estimate of drug-likeness (QED) is 0.509. The zero-order valence-electron chi connectivity index (χ0n) is 17.4. The molecule has 2 aromatic carbocycles. The fourth-order valence-corrected chi connectivity index (χ4v) is 3.33. The number of benzene rings is 2. The Bertz CT molecular complexity index is 1310. The summed E-state index contributed by atoms with van der Waals surface area (Å²) >= 11 is 5.69. The molecule has 0 radical (unpaired) electrons. The minimum absolute atomic E-state index is 0.0396. The van der Waals surface area contributed by atoms with Crippen LogP contribution in [0.4, 0.5) is 14.6 Å². The lowest BCUT2D eigenvalue weighted by Gasteiger charge is -2.21. The van der Waals surface area contributed by atoms with Gasteiger partial charge in [0, 0.05) is 17.2 Å². The van der Waals surface area contributed by atoms with Crippen LogP contribution in [-0.2, 0) is 0 Å². The van der Waals surface area contributed by atoms with Crippen molar-refractivity contribution >= 4 is 29.1 Å². The van der Waals surface area contributed by atoms with Crippen molar-refractivity contribution in [3.05, 3.63) is 92.5 Å². The van der Waals surface area contributed by atoms with E-state index in [9.17, 15) is 23.2 Å². The zero-order chi connectivity index (χ0) is 23.7. The summed E-state index contributed by atoms with van der Waals surface area (Å²) in [6.07, 6.45) is 0.786. The SMILES string of the molecule is Cc1cccc(C(=O)NC(C(=O)c2ccc(Cl)c(F)c2)n2cc(F)c(NC3CC3)nc2=O)c1. The van der Waals surface area contributed by atoms with E-state index in [0.717, 1.165) is 30.7 Å². The second-order valence-electron chi connectivity index (χ2n) is 7.78. The summed E-state index contributed by atoms with van der Waals surface area (Å²) in [4.78, 5) is 42.5. The molecule has 0 saturated heterocycles. The Balaban J connectivity index is 1.74. The molecule has 33 heavy (non-hydrogen) atoms. The van der Waals surface area contributed by atoms with Crippen molar-refractivity contribution in [2.75, 3.05) is 5.32 Å². The Morgan fingerprint density at radius 2 is 1.88 bits per heavy atom. The molecular formula is C23H19ClF2N4O3. The van der Waals surface area contributed by atoms with Crippen LogP contribution >= 0.6 is 11.6 Å². The second-order valence-corrected chi connectivity index (χ2v) is 8.19. The predicted molar refractivity (Wildman–Crippen MR) is 119 cm³/mol. The molecule has 1 amide bonds. The Labute approximate surface area is 192 Å². The summed E-state index contributed by atoms with van der Waals surface area (Å²) in [5, 5.41) is 5.04. The average molecular weight is 473 g/mol. The van der Waals surface area contributed by atoms with E-state index < -0.39 is 35.2 Å². The summed E-state index contributed by atoms with van der Waals surface area (Å²) in [6.45, 7) is 1.78. The number of hydrogen-bond donors (Lipinski definition) is 2. The number of aromatic nitrogens is 2. The minimum Gasteiger partial charge on any atom is -0.365 e. The highest BCUT2D eigenvalue weighted by Crippen LogP contribution is 2.25. The van der Waals surface area contributed by atoms with E-state index in [4.69, 9.17) is 11.6 Å². The second kappa shape index (κ2) is 9.11. The van der Waals surface area contributed by atoms with Gasteiger partial charge in [-0.3, -0.25) is 14.2 Å². The molecule has 7 nitrogen and oxygen atoms in total. The first-order valence-electron chi connectivity index (χ1n) is 10.1. The van der Waals surface area contributed by atoms with Crippen LogP contribution in [0.2, 0.25) is 5.02 Å². The first-order valence-corrected chi connectivity index (χ1v) is 10.5. The van der Waals surface area contributed by atoms with Gasteiger partial charge in [-0.2, -0.15) is 4.98 Å². The molecule has 1 fully saturated rings. The molecule has 2 N–H and O–H groups in total. The Morgan fingerprint density at radius 3 is 2.55 bits per heavy atom. The molecule has 10 heteroatoms. The Hall–Kier alpha value is -3.59. The van der Waals surface area contributed by atoms with E-state index in [0.29, 0.717) is 4.57 Å². The maximum Gasteiger partial charge on any atom is 0.351 e. The number of carbonyl (C=O) groups is 2. The van der Waals surface area contributed by atoms with Crippen molar-refractivity contribution in [2.45, 2.75) is 32.0 Å². The van der Waals surface area contributed by atoms with E-state index in [-0.39, 0.29) is 28.0 Å². The highest BCUT2D eigenvalue weighted by molar-refractivity contribution is 6.30. The number of hydrogen-bond acceptors (Lipinski definition) is 5. The Morgan fingerprint density at radius 1 is 1.12 bits per heavy atom. The first kappa shape index (κ1) is 22.6. The summed E-state index contributed by atoms with van der Waals surface area (Å²) in [5.41, 5.74) is -0.106. The summed E-state index contributed by atoms with van der Waals surface area (Å²) in [6, 6.07) is 9.89. The maximum atomic E-state index is 14.7. The van der Waals surface area contributed by atoms with Gasteiger partial charge in [0.1, 0.15) is 5.82 Å². The predicted octanol–water partition coefficient (Wildman–Crippen LogP) is 3.87. The van der Waals surface area contributed by atoms with Gasteiger partial charge < -0.3 is 10.6 Å². The molecule has 0 bridgehead atoms. The third-order valence-corrected chi connectivity index (χ3v) is 5.41. The number of halogens is 3. The van der Waals surface area contributed by atoms with Crippen LogP contribution in [-0.4, -0.2) is 27.3 Å². The van der Waals surface area contributed by atoms with Gasteiger partial charge >= 0.3 is 5.69 Å². The molecule has 4 rings (SSSR count). The third kappa shape index (κ3) is 5.09. The molecule has 1 saturated carbocycles. The zero-order valence-corrected chi connectivity index (χ0v) is 18.2. The largest absolute Gasteiger partial charge is 0.365 e. The highest BCUT2D eigenvalue weighted by Gasteiger charge is 2.29.